The molecule has 1 aromatic carbocycles. The van der Waals surface area contributed by atoms with Crippen molar-refractivity contribution in [2.24, 2.45) is 5.92 Å². The lowest BCUT2D eigenvalue weighted by molar-refractivity contribution is 0.0782. The van der Waals surface area contributed by atoms with E-state index in [0.29, 0.717) is 17.5 Å². The average Bonchev–Trinajstić information content (AvgIpc) is 3.36. The number of rotatable bonds is 3. The zero-order valence-electron chi connectivity index (χ0n) is 14.5. The fourth-order valence-electron chi connectivity index (χ4n) is 4.16. The van der Waals surface area contributed by atoms with Gasteiger partial charge >= 0.3 is 0 Å². The fraction of sp³-hybridized carbons (Fsp3) is 0.350. The van der Waals surface area contributed by atoms with Crippen LogP contribution in [0.3, 0.4) is 0 Å². The van der Waals surface area contributed by atoms with Crippen LogP contribution < -0.4 is 5.32 Å². The third kappa shape index (κ3) is 2.66. The number of aromatic nitrogens is 3. The monoisotopic (exact) mass is 347 g/mol. The van der Waals surface area contributed by atoms with Crippen molar-refractivity contribution >= 4 is 17.1 Å². The van der Waals surface area contributed by atoms with Crippen molar-refractivity contribution in [3.8, 4) is 0 Å². The Balaban J connectivity index is 1.38. The van der Waals surface area contributed by atoms with Crippen molar-refractivity contribution in [2.75, 3.05) is 19.6 Å². The SMILES string of the molecule is O=C(c1cnc2c(c1)ncn2Cc1ccccc1)N1C[C@@H]2CCN[C@@H]2C1. The summed E-state index contributed by atoms with van der Waals surface area (Å²) < 4.78 is 2.02. The molecule has 4 heterocycles. The third-order valence-electron chi connectivity index (χ3n) is 5.55. The van der Waals surface area contributed by atoms with E-state index in [1.165, 1.54) is 5.56 Å². The van der Waals surface area contributed by atoms with Gasteiger partial charge in [0.25, 0.3) is 5.91 Å². The minimum absolute atomic E-state index is 0.0632. The van der Waals surface area contributed by atoms with Gasteiger partial charge in [-0.1, -0.05) is 30.3 Å². The highest BCUT2D eigenvalue weighted by Crippen LogP contribution is 2.26. The molecule has 6 heteroatoms. The van der Waals surface area contributed by atoms with Gasteiger partial charge in [0.05, 0.1) is 18.4 Å². The maximum absolute atomic E-state index is 12.8. The first-order valence-electron chi connectivity index (χ1n) is 9.15. The summed E-state index contributed by atoms with van der Waals surface area (Å²) in [5, 5.41) is 3.49. The number of likely N-dealkylation sites (tertiary alicyclic amines) is 1. The smallest absolute Gasteiger partial charge is 0.255 e. The molecule has 5 rings (SSSR count). The Bertz CT molecular complexity index is 939. The number of pyridine rings is 1. The fourth-order valence-corrected chi connectivity index (χ4v) is 4.16. The zero-order valence-corrected chi connectivity index (χ0v) is 14.5. The van der Waals surface area contributed by atoms with Crippen LogP contribution in [0.2, 0.25) is 0 Å². The molecule has 26 heavy (non-hydrogen) atoms. The molecule has 3 aromatic rings. The molecule has 2 aromatic heterocycles. The van der Waals surface area contributed by atoms with Crippen LogP contribution in [-0.2, 0) is 6.54 Å². The van der Waals surface area contributed by atoms with Gasteiger partial charge in [0, 0.05) is 25.3 Å². The maximum Gasteiger partial charge on any atom is 0.255 e. The molecular formula is C20H21N5O. The highest BCUT2D eigenvalue weighted by Gasteiger charge is 2.38. The van der Waals surface area contributed by atoms with E-state index in [9.17, 15) is 4.79 Å². The zero-order chi connectivity index (χ0) is 17.5. The van der Waals surface area contributed by atoms with Crippen LogP contribution >= 0.6 is 0 Å². The Morgan fingerprint density at radius 1 is 1.19 bits per heavy atom. The Kier molecular flexibility index (Phi) is 3.71. The predicted octanol–water partition coefficient (Wildman–Crippen LogP) is 1.91. The van der Waals surface area contributed by atoms with Gasteiger partial charge in [0.1, 0.15) is 5.52 Å². The first kappa shape index (κ1) is 15.5. The summed E-state index contributed by atoms with van der Waals surface area (Å²) in [4.78, 5) is 23.8. The van der Waals surface area contributed by atoms with Gasteiger partial charge in [-0.3, -0.25) is 4.79 Å². The number of fused-ring (bicyclic) bond motifs is 2. The summed E-state index contributed by atoms with van der Waals surface area (Å²) >= 11 is 0. The highest BCUT2D eigenvalue weighted by atomic mass is 16.2. The number of carbonyl (C=O) groups excluding carboxylic acids is 1. The summed E-state index contributed by atoms with van der Waals surface area (Å²) in [6, 6.07) is 12.6. The lowest BCUT2D eigenvalue weighted by Gasteiger charge is -2.17. The van der Waals surface area contributed by atoms with E-state index in [2.05, 4.69) is 27.4 Å². The number of nitrogens with zero attached hydrogens (tertiary/aromatic N) is 4. The number of nitrogens with one attached hydrogen (secondary N) is 1. The standard InChI is InChI=1S/C20H21N5O/c26-20(24-11-15-6-7-21-18(15)12-24)16-8-17-19(22-9-16)25(13-23-17)10-14-4-2-1-3-5-14/h1-5,8-9,13,15,18,21H,6-7,10-12H2/t15-,18+/m0/s1. The summed E-state index contributed by atoms with van der Waals surface area (Å²) in [5.41, 5.74) is 3.40. The number of imidazole rings is 1. The van der Waals surface area contributed by atoms with Crippen LogP contribution in [0, 0.1) is 5.92 Å². The van der Waals surface area contributed by atoms with Crippen molar-refractivity contribution < 1.29 is 4.79 Å². The van der Waals surface area contributed by atoms with Crippen molar-refractivity contribution in [2.45, 2.75) is 19.0 Å². The van der Waals surface area contributed by atoms with Gasteiger partial charge in [0.2, 0.25) is 0 Å². The van der Waals surface area contributed by atoms with E-state index < -0.39 is 0 Å². The number of benzene rings is 1. The topological polar surface area (TPSA) is 63.1 Å². The second-order valence-electron chi connectivity index (χ2n) is 7.24. The van der Waals surface area contributed by atoms with Crippen LogP contribution in [-0.4, -0.2) is 51.0 Å². The summed E-state index contributed by atoms with van der Waals surface area (Å²) in [7, 11) is 0. The second-order valence-corrected chi connectivity index (χ2v) is 7.24. The molecule has 2 aliphatic heterocycles. The largest absolute Gasteiger partial charge is 0.337 e. The molecule has 1 amide bonds. The van der Waals surface area contributed by atoms with Gasteiger partial charge in [-0.15, -0.1) is 0 Å². The number of hydrogen-bond acceptors (Lipinski definition) is 4. The maximum atomic E-state index is 12.8. The van der Waals surface area contributed by atoms with Gasteiger partial charge in [-0.05, 0) is 30.5 Å². The van der Waals surface area contributed by atoms with Gasteiger partial charge < -0.3 is 14.8 Å². The Labute approximate surface area is 151 Å². The van der Waals surface area contributed by atoms with Gasteiger partial charge in [-0.2, -0.15) is 0 Å². The van der Waals surface area contributed by atoms with Crippen molar-refractivity contribution in [3.63, 3.8) is 0 Å². The normalized spacial score (nSPS) is 22.1. The van der Waals surface area contributed by atoms with E-state index in [4.69, 9.17) is 0 Å². The molecule has 132 valence electrons. The minimum atomic E-state index is 0.0632. The molecule has 2 fully saturated rings. The number of amides is 1. The van der Waals surface area contributed by atoms with E-state index in [1.807, 2.05) is 33.7 Å². The number of carbonyl (C=O) groups is 1. The van der Waals surface area contributed by atoms with E-state index in [0.717, 1.165) is 43.8 Å². The predicted molar refractivity (Wildman–Crippen MR) is 98.9 cm³/mol. The molecule has 2 saturated heterocycles. The molecule has 0 unspecified atom stereocenters. The van der Waals surface area contributed by atoms with E-state index in [1.54, 1.807) is 12.5 Å². The lowest BCUT2D eigenvalue weighted by atomic mass is 10.1. The van der Waals surface area contributed by atoms with Crippen LogP contribution in [0.1, 0.15) is 22.3 Å². The summed E-state index contributed by atoms with van der Waals surface area (Å²) in [6.45, 7) is 3.43. The Morgan fingerprint density at radius 3 is 2.92 bits per heavy atom. The molecule has 2 atom stereocenters. The summed E-state index contributed by atoms with van der Waals surface area (Å²) in [5.74, 6) is 0.661. The van der Waals surface area contributed by atoms with E-state index in [-0.39, 0.29) is 5.91 Å². The Hall–Kier alpha value is -2.73. The molecule has 0 radical (unpaired) electrons. The first-order valence-corrected chi connectivity index (χ1v) is 9.15. The second kappa shape index (κ2) is 6.21. The van der Waals surface area contributed by atoms with Crippen LogP contribution in [0.25, 0.3) is 11.2 Å². The third-order valence-corrected chi connectivity index (χ3v) is 5.55. The minimum Gasteiger partial charge on any atom is -0.337 e. The molecule has 1 N–H and O–H groups in total. The van der Waals surface area contributed by atoms with Crippen molar-refractivity contribution in [3.05, 3.63) is 60.0 Å². The molecule has 0 saturated carbocycles. The quantitative estimate of drug-likeness (QED) is 0.786. The molecule has 0 aliphatic carbocycles. The highest BCUT2D eigenvalue weighted by molar-refractivity contribution is 5.96. The van der Waals surface area contributed by atoms with Gasteiger partial charge in [-0.25, -0.2) is 9.97 Å². The first-order chi connectivity index (χ1) is 12.8. The van der Waals surface area contributed by atoms with Crippen molar-refractivity contribution in [1.82, 2.24) is 24.8 Å². The van der Waals surface area contributed by atoms with Crippen LogP contribution in [0.4, 0.5) is 0 Å². The summed E-state index contributed by atoms with van der Waals surface area (Å²) in [6.07, 6.45) is 4.65. The molecule has 0 spiro atoms. The Morgan fingerprint density at radius 2 is 2.08 bits per heavy atom. The van der Waals surface area contributed by atoms with E-state index >= 15 is 0 Å². The van der Waals surface area contributed by atoms with Gasteiger partial charge in [0.15, 0.2) is 5.65 Å². The molecule has 0 bridgehead atoms. The average molecular weight is 347 g/mol. The molecule has 2 aliphatic rings. The molecular weight excluding hydrogens is 326 g/mol. The van der Waals surface area contributed by atoms with Crippen LogP contribution in [0.5, 0.6) is 0 Å². The van der Waals surface area contributed by atoms with Crippen LogP contribution in [0.15, 0.2) is 48.9 Å². The number of hydrogen-bond donors (Lipinski definition) is 1. The molecule has 6 nitrogen and oxygen atoms in total. The van der Waals surface area contributed by atoms with Crippen molar-refractivity contribution in [1.29, 1.82) is 0 Å². The lowest BCUT2D eigenvalue weighted by Crippen LogP contribution is -2.34.